The van der Waals surface area contributed by atoms with Gasteiger partial charge in [0.25, 0.3) is 0 Å². The minimum absolute atomic E-state index is 0.0823. The molecule has 2 saturated heterocycles. The van der Waals surface area contributed by atoms with E-state index >= 15 is 0 Å². The van der Waals surface area contributed by atoms with Gasteiger partial charge in [0.2, 0.25) is 5.91 Å². The topological polar surface area (TPSA) is 41.6 Å². The lowest BCUT2D eigenvalue weighted by Gasteiger charge is -2.55. The Morgan fingerprint density at radius 2 is 2.21 bits per heavy atom. The third-order valence-corrected chi connectivity index (χ3v) is 8.54. The summed E-state index contributed by atoms with van der Waals surface area (Å²) in [5.41, 5.74) is 2.34. The molecule has 2 saturated carbocycles. The molecule has 6 aliphatic rings. The van der Waals surface area contributed by atoms with E-state index in [1.807, 2.05) is 0 Å². The number of likely N-dealkylation sites (tertiary alicyclic amines) is 1. The van der Waals surface area contributed by atoms with Crippen LogP contribution in [0.5, 0.6) is 0 Å². The zero-order valence-corrected chi connectivity index (χ0v) is 14.4. The van der Waals surface area contributed by atoms with Crippen molar-refractivity contribution in [3.63, 3.8) is 0 Å². The van der Waals surface area contributed by atoms with Crippen molar-refractivity contribution in [2.75, 3.05) is 20.2 Å². The first-order valence-corrected chi connectivity index (χ1v) is 9.64. The predicted octanol–water partition coefficient (Wildman–Crippen LogP) is 2.08. The summed E-state index contributed by atoms with van der Waals surface area (Å²) < 4.78 is 6.39. The Morgan fingerprint density at radius 3 is 3.04 bits per heavy atom. The average molecular weight is 326 g/mol. The summed E-state index contributed by atoms with van der Waals surface area (Å²) in [6.07, 6.45) is 7.88. The summed E-state index contributed by atoms with van der Waals surface area (Å²) in [6.45, 7) is 6.18. The number of carbonyl (C=O) groups is 1. The van der Waals surface area contributed by atoms with E-state index in [9.17, 15) is 4.79 Å². The molecule has 4 nitrogen and oxygen atoms in total. The maximum atomic E-state index is 13.5. The van der Waals surface area contributed by atoms with E-state index in [0.29, 0.717) is 23.8 Å². The average Bonchev–Trinajstić information content (AvgIpc) is 3.08. The van der Waals surface area contributed by atoms with Gasteiger partial charge in [-0.3, -0.25) is 4.79 Å². The summed E-state index contributed by atoms with van der Waals surface area (Å²) in [7, 11) is 2.24. The number of fused-ring (bicyclic) bond motifs is 4. The molecule has 1 N–H and O–H groups in total. The third kappa shape index (κ3) is 1.20. The van der Waals surface area contributed by atoms with Crippen LogP contribution in [0.2, 0.25) is 0 Å². The zero-order chi connectivity index (χ0) is 16.3. The van der Waals surface area contributed by atoms with Crippen molar-refractivity contribution in [2.24, 2.45) is 28.6 Å². The molecule has 6 rings (SSSR count). The molecule has 3 aliphatic heterocycles. The van der Waals surface area contributed by atoms with E-state index in [2.05, 4.69) is 29.9 Å². The van der Waals surface area contributed by atoms with Crippen molar-refractivity contribution in [3.8, 4) is 0 Å². The SMILES string of the molecule is C=CC12CN(C)C3C4COC(CC41)C1(C(=O)NC4=C1CCCC4)C32. The first-order chi connectivity index (χ1) is 11.6. The van der Waals surface area contributed by atoms with Crippen LogP contribution in [0.1, 0.15) is 32.1 Å². The van der Waals surface area contributed by atoms with Gasteiger partial charge in [-0.25, -0.2) is 0 Å². The zero-order valence-electron chi connectivity index (χ0n) is 14.4. The molecule has 1 spiro atoms. The lowest BCUT2D eigenvalue weighted by atomic mass is 9.50. The largest absolute Gasteiger partial charge is 0.376 e. The van der Waals surface area contributed by atoms with E-state index in [-0.39, 0.29) is 17.4 Å². The fraction of sp³-hybridized carbons (Fsp3) is 0.750. The highest BCUT2D eigenvalue weighted by molar-refractivity contribution is 5.93. The molecule has 1 amide bonds. The summed E-state index contributed by atoms with van der Waals surface area (Å²) in [6, 6.07) is 0.472. The van der Waals surface area contributed by atoms with Gasteiger partial charge in [-0.1, -0.05) is 6.08 Å². The van der Waals surface area contributed by atoms with Crippen molar-refractivity contribution in [3.05, 3.63) is 23.9 Å². The van der Waals surface area contributed by atoms with E-state index < -0.39 is 5.41 Å². The van der Waals surface area contributed by atoms with Crippen LogP contribution in [-0.4, -0.2) is 43.2 Å². The van der Waals surface area contributed by atoms with Crippen LogP contribution in [0.15, 0.2) is 23.9 Å². The summed E-state index contributed by atoms with van der Waals surface area (Å²) >= 11 is 0. The van der Waals surface area contributed by atoms with Crippen LogP contribution in [0.4, 0.5) is 0 Å². The summed E-state index contributed by atoms with van der Waals surface area (Å²) in [5, 5.41) is 3.31. The van der Waals surface area contributed by atoms with Crippen molar-refractivity contribution in [2.45, 2.75) is 44.2 Å². The lowest BCUT2D eigenvalue weighted by Crippen LogP contribution is -2.60. The van der Waals surface area contributed by atoms with E-state index in [0.717, 1.165) is 32.4 Å². The normalized spacial score (nSPS) is 54.5. The van der Waals surface area contributed by atoms with E-state index in [1.54, 1.807) is 0 Å². The Kier molecular flexibility index (Phi) is 2.44. The number of carbonyl (C=O) groups excluding carboxylic acids is 1. The van der Waals surface area contributed by atoms with Gasteiger partial charge in [0, 0.05) is 35.5 Å². The molecular weight excluding hydrogens is 300 g/mol. The van der Waals surface area contributed by atoms with Crippen LogP contribution in [0.3, 0.4) is 0 Å². The van der Waals surface area contributed by atoms with Crippen molar-refractivity contribution < 1.29 is 9.53 Å². The number of ether oxygens (including phenoxy) is 1. The van der Waals surface area contributed by atoms with Gasteiger partial charge >= 0.3 is 0 Å². The van der Waals surface area contributed by atoms with Crippen molar-refractivity contribution >= 4 is 5.91 Å². The first kappa shape index (κ1) is 14.1. The molecular formula is C20H26N2O2. The molecule has 4 heteroatoms. The van der Waals surface area contributed by atoms with Gasteiger partial charge in [-0.2, -0.15) is 0 Å². The van der Waals surface area contributed by atoms with Crippen molar-refractivity contribution in [1.82, 2.24) is 10.2 Å². The Morgan fingerprint density at radius 1 is 1.38 bits per heavy atom. The van der Waals surface area contributed by atoms with Gasteiger partial charge in [-0.15, -0.1) is 6.58 Å². The third-order valence-electron chi connectivity index (χ3n) is 8.54. The standard InChI is InChI=1S/C20H26N2O2/c1-3-19-10-22(2)16-11-9-24-15(8-13(11)19)20(17(16)19)12-6-4-5-7-14(12)21-18(20)23/h3,11,13,15-17H,1,4-10H2,2H3,(H,21,23). The number of amides is 1. The van der Waals surface area contributed by atoms with Crippen LogP contribution < -0.4 is 5.32 Å². The van der Waals surface area contributed by atoms with Gasteiger partial charge in [0.15, 0.2) is 0 Å². The quantitative estimate of drug-likeness (QED) is 0.750. The molecule has 3 heterocycles. The van der Waals surface area contributed by atoms with Gasteiger partial charge in [0.05, 0.1) is 12.7 Å². The monoisotopic (exact) mass is 326 g/mol. The minimum Gasteiger partial charge on any atom is -0.376 e. The molecule has 4 fully saturated rings. The number of hydrogen-bond acceptors (Lipinski definition) is 3. The number of nitrogens with zero attached hydrogens (tertiary/aromatic N) is 1. The number of allylic oxidation sites excluding steroid dienone is 1. The van der Waals surface area contributed by atoms with Gasteiger partial charge in [-0.05, 0) is 50.6 Å². The maximum absolute atomic E-state index is 13.5. The molecule has 0 aromatic rings. The second kappa shape index (κ2) is 4.16. The van der Waals surface area contributed by atoms with Crippen molar-refractivity contribution in [1.29, 1.82) is 0 Å². The molecule has 24 heavy (non-hydrogen) atoms. The molecule has 0 aromatic heterocycles. The number of hydrogen-bond donors (Lipinski definition) is 1. The highest BCUT2D eigenvalue weighted by Crippen LogP contribution is 2.74. The minimum atomic E-state index is -0.416. The van der Waals surface area contributed by atoms with E-state index in [4.69, 9.17) is 4.74 Å². The molecule has 128 valence electrons. The predicted molar refractivity (Wildman–Crippen MR) is 89.9 cm³/mol. The number of nitrogens with one attached hydrogen (secondary N) is 1. The number of rotatable bonds is 1. The van der Waals surface area contributed by atoms with Gasteiger partial charge in [0.1, 0.15) is 5.41 Å². The van der Waals surface area contributed by atoms with E-state index in [1.165, 1.54) is 24.1 Å². The second-order valence-corrected chi connectivity index (χ2v) is 9.02. The van der Waals surface area contributed by atoms with Crippen LogP contribution in [0.25, 0.3) is 0 Å². The molecule has 0 aromatic carbocycles. The highest BCUT2D eigenvalue weighted by atomic mass is 16.5. The van der Waals surface area contributed by atoms with Crippen LogP contribution in [-0.2, 0) is 9.53 Å². The summed E-state index contributed by atoms with van der Waals surface area (Å²) in [5.74, 6) is 1.83. The van der Waals surface area contributed by atoms with Crippen LogP contribution >= 0.6 is 0 Å². The molecule has 0 radical (unpaired) electrons. The molecule has 3 aliphatic carbocycles. The van der Waals surface area contributed by atoms with Crippen LogP contribution in [0, 0.1) is 28.6 Å². The fourth-order valence-corrected chi connectivity index (χ4v) is 8.00. The number of piperidine rings is 1. The first-order valence-electron chi connectivity index (χ1n) is 9.64. The molecule has 5 bridgehead atoms. The highest BCUT2D eigenvalue weighted by Gasteiger charge is 2.80. The molecule has 7 unspecified atom stereocenters. The maximum Gasteiger partial charge on any atom is 0.237 e. The molecule has 7 atom stereocenters. The Hall–Kier alpha value is -1.13. The fourth-order valence-electron chi connectivity index (χ4n) is 8.00. The Bertz CT molecular complexity index is 700. The van der Waals surface area contributed by atoms with Gasteiger partial charge < -0.3 is 15.0 Å². The summed E-state index contributed by atoms with van der Waals surface area (Å²) in [4.78, 5) is 16.0. The Balaban J connectivity index is 1.64. The second-order valence-electron chi connectivity index (χ2n) is 9.02. The smallest absolute Gasteiger partial charge is 0.237 e. The Labute approximate surface area is 143 Å². The lowest BCUT2D eigenvalue weighted by molar-refractivity contribution is -0.167.